The van der Waals surface area contributed by atoms with Crippen LogP contribution in [0.2, 0.25) is 5.28 Å². The van der Waals surface area contributed by atoms with E-state index in [2.05, 4.69) is 34.5 Å². The van der Waals surface area contributed by atoms with Crippen molar-refractivity contribution in [2.75, 3.05) is 12.2 Å². The van der Waals surface area contributed by atoms with Crippen molar-refractivity contribution in [1.82, 2.24) is 15.0 Å². The first-order valence-electron chi connectivity index (χ1n) is 8.07. The first-order valence-corrected chi connectivity index (χ1v) is 9.08. The SMILES string of the molecule is CCCCC(CCCCCN)Oc1nc(Cl)nc(BCS)n1. The van der Waals surface area contributed by atoms with E-state index >= 15 is 0 Å². The van der Waals surface area contributed by atoms with Gasteiger partial charge in [0.25, 0.3) is 0 Å². The Morgan fingerprint density at radius 1 is 1.18 bits per heavy atom. The van der Waals surface area contributed by atoms with Gasteiger partial charge in [-0.1, -0.05) is 26.2 Å². The van der Waals surface area contributed by atoms with Crippen LogP contribution in [0.1, 0.15) is 51.9 Å². The summed E-state index contributed by atoms with van der Waals surface area (Å²) in [6, 6.07) is 0.330. The third kappa shape index (κ3) is 8.20. The third-order valence-corrected chi connectivity index (χ3v) is 3.74. The molecule has 22 heavy (non-hydrogen) atoms. The summed E-state index contributed by atoms with van der Waals surface area (Å²) in [5.74, 6) is 0. The predicted molar refractivity (Wildman–Crippen MR) is 96.9 cm³/mol. The van der Waals surface area contributed by atoms with Crippen LogP contribution >= 0.6 is 24.2 Å². The maximum absolute atomic E-state index is 5.96. The minimum Gasteiger partial charge on any atom is -0.460 e. The van der Waals surface area contributed by atoms with Gasteiger partial charge in [0.2, 0.25) is 12.6 Å². The Labute approximate surface area is 144 Å². The second-order valence-electron chi connectivity index (χ2n) is 5.30. The molecule has 0 saturated carbocycles. The Kier molecular flexibility index (Phi) is 10.6. The molecule has 2 N–H and O–H groups in total. The highest BCUT2D eigenvalue weighted by atomic mass is 35.5. The van der Waals surface area contributed by atoms with Gasteiger partial charge < -0.3 is 10.5 Å². The van der Waals surface area contributed by atoms with E-state index in [1.165, 1.54) is 0 Å². The quantitative estimate of drug-likeness (QED) is 0.344. The van der Waals surface area contributed by atoms with Crippen LogP contribution in [0, 0.1) is 0 Å². The minimum atomic E-state index is 0.125. The Balaban J connectivity index is 2.62. The van der Waals surface area contributed by atoms with Crippen molar-refractivity contribution < 1.29 is 4.74 Å². The first kappa shape index (κ1) is 19.5. The second kappa shape index (κ2) is 12.0. The molecule has 124 valence electrons. The number of hydrogen-bond acceptors (Lipinski definition) is 6. The molecule has 0 aliphatic heterocycles. The third-order valence-electron chi connectivity index (χ3n) is 3.35. The molecule has 1 atom stereocenters. The van der Waals surface area contributed by atoms with Crippen LogP contribution in [0.4, 0.5) is 0 Å². The normalized spacial score (nSPS) is 12.2. The summed E-state index contributed by atoms with van der Waals surface area (Å²) in [4.78, 5) is 12.5. The molecule has 0 aliphatic carbocycles. The van der Waals surface area contributed by atoms with Crippen molar-refractivity contribution in [3.8, 4) is 6.01 Å². The number of halogens is 1. The van der Waals surface area contributed by atoms with Gasteiger partial charge in [-0.3, -0.25) is 0 Å². The highest BCUT2D eigenvalue weighted by molar-refractivity contribution is 7.81. The molecule has 0 aliphatic rings. The zero-order valence-electron chi connectivity index (χ0n) is 13.3. The molecule has 0 amide bonds. The number of aromatic nitrogens is 3. The molecule has 0 aromatic carbocycles. The topological polar surface area (TPSA) is 73.9 Å². The standard InChI is InChI=1S/C14H26BClN4OS/c1-2-3-7-11(8-5-4-6-9-17)21-14-19-12(15-10-22)18-13(16)20-14/h11,15,22H,2-10,17H2,1H3. The van der Waals surface area contributed by atoms with Crippen molar-refractivity contribution in [3.05, 3.63) is 5.28 Å². The average molecular weight is 345 g/mol. The number of ether oxygens (including phenoxy) is 1. The molecule has 1 heterocycles. The van der Waals surface area contributed by atoms with E-state index in [4.69, 9.17) is 22.1 Å². The van der Waals surface area contributed by atoms with E-state index in [9.17, 15) is 0 Å². The fraction of sp³-hybridized carbons (Fsp3) is 0.786. The van der Waals surface area contributed by atoms with Crippen LogP contribution < -0.4 is 16.2 Å². The number of hydrogen-bond donors (Lipinski definition) is 2. The summed E-state index contributed by atoms with van der Waals surface area (Å²) < 4.78 is 5.96. The number of nitrogens with zero attached hydrogens (tertiary/aromatic N) is 3. The van der Waals surface area contributed by atoms with Gasteiger partial charge in [0.1, 0.15) is 6.10 Å². The van der Waals surface area contributed by atoms with Gasteiger partial charge in [-0.2, -0.15) is 22.6 Å². The van der Waals surface area contributed by atoms with E-state index in [1.807, 2.05) is 0 Å². The van der Waals surface area contributed by atoms with Gasteiger partial charge in [0.05, 0.1) is 5.72 Å². The van der Waals surface area contributed by atoms with Crippen molar-refractivity contribution in [2.24, 2.45) is 5.73 Å². The van der Waals surface area contributed by atoms with Crippen molar-refractivity contribution in [3.63, 3.8) is 0 Å². The lowest BCUT2D eigenvalue weighted by Crippen LogP contribution is -2.27. The van der Waals surface area contributed by atoms with Gasteiger partial charge in [0, 0.05) is 0 Å². The smallest absolute Gasteiger partial charge is 0.320 e. The number of thiol groups is 1. The van der Waals surface area contributed by atoms with Crippen molar-refractivity contribution >= 4 is 37.2 Å². The summed E-state index contributed by atoms with van der Waals surface area (Å²) in [6.07, 6.45) is 7.69. The Morgan fingerprint density at radius 3 is 2.64 bits per heavy atom. The maximum atomic E-state index is 5.96. The van der Waals surface area contributed by atoms with Crippen LogP contribution in [0.3, 0.4) is 0 Å². The van der Waals surface area contributed by atoms with Gasteiger partial charge >= 0.3 is 6.01 Å². The van der Waals surface area contributed by atoms with E-state index in [1.54, 1.807) is 0 Å². The molecule has 1 aromatic rings. The summed E-state index contributed by atoms with van der Waals surface area (Å²) in [6.45, 7) is 2.92. The lowest BCUT2D eigenvalue weighted by atomic mass is 9.81. The van der Waals surface area contributed by atoms with Crippen molar-refractivity contribution in [2.45, 2.75) is 58.0 Å². The maximum Gasteiger partial charge on any atom is 0.320 e. The van der Waals surface area contributed by atoms with Gasteiger partial charge in [-0.05, 0) is 49.5 Å². The highest BCUT2D eigenvalue weighted by Crippen LogP contribution is 2.16. The fourth-order valence-electron chi connectivity index (χ4n) is 2.17. The summed E-state index contributed by atoms with van der Waals surface area (Å²) in [7, 11) is 0.651. The zero-order chi connectivity index (χ0) is 16.2. The van der Waals surface area contributed by atoms with Gasteiger partial charge in [-0.25, -0.2) is 4.98 Å². The molecule has 8 heteroatoms. The van der Waals surface area contributed by atoms with Gasteiger partial charge in [0.15, 0.2) is 0 Å². The highest BCUT2D eigenvalue weighted by Gasteiger charge is 2.14. The Hall–Kier alpha value is -0.525. The van der Waals surface area contributed by atoms with E-state index in [0.29, 0.717) is 24.7 Å². The average Bonchev–Trinajstić information content (AvgIpc) is 2.48. The van der Waals surface area contributed by atoms with E-state index < -0.39 is 0 Å². The first-order chi connectivity index (χ1) is 10.7. The molecule has 5 nitrogen and oxygen atoms in total. The number of nitrogens with two attached hydrogens (primary N) is 1. The molecule has 0 spiro atoms. The van der Waals surface area contributed by atoms with Crippen LogP contribution in [0.5, 0.6) is 6.01 Å². The lowest BCUT2D eigenvalue weighted by molar-refractivity contribution is 0.159. The van der Waals surface area contributed by atoms with E-state index in [-0.39, 0.29) is 11.4 Å². The molecular formula is C14H26BClN4OS. The molecule has 0 bridgehead atoms. The molecular weight excluding hydrogens is 319 g/mol. The molecule has 0 fully saturated rings. The summed E-state index contributed by atoms with van der Waals surface area (Å²) >= 11 is 10.1. The number of unbranched alkanes of at least 4 members (excludes halogenated alkanes) is 3. The monoisotopic (exact) mass is 344 g/mol. The fourth-order valence-corrected chi connectivity index (χ4v) is 2.54. The molecule has 0 saturated heterocycles. The lowest BCUT2D eigenvalue weighted by Gasteiger charge is -2.18. The molecule has 1 rings (SSSR count). The second-order valence-corrected chi connectivity index (χ2v) is 6.08. The van der Waals surface area contributed by atoms with Crippen LogP contribution in [0.15, 0.2) is 0 Å². The van der Waals surface area contributed by atoms with Crippen LogP contribution in [-0.4, -0.2) is 40.5 Å². The summed E-state index contributed by atoms with van der Waals surface area (Å²) in [5.41, 5.74) is 6.82. The predicted octanol–water partition coefficient (Wildman–Crippen LogP) is 1.93. The van der Waals surface area contributed by atoms with Gasteiger partial charge in [-0.15, -0.1) is 0 Å². The van der Waals surface area contributed by atoms with Crippen LogP contribution in [-0.2, 0) is 0 Å². The number of rotatable bonds is 12. The minimum absolute atomic E-state index is 0.125. The van der Waals surface area contributed by atoms with Crippen molar-refractivity contribution in [1.29, 1.82) is 0 Å². The Bertz CT molecular complexity index is 428. The van der Waals surface area contributed by atoms with Crippen LogP contribution in [0.25, 0.3) is 0 Å². The zero-order valence-corrected chi connectivity index (χ0v) is 15.0. The largest absolute Gasteiger partial charge is 0.460 e. The van der Waals surface area contributed by atoms with E-state index in [0.717, 1.165) is 51.5 Å². The molecule has 1 unspecified atom stereocenters. The molecule has 0 radical (unpaired) electrons. The molecule has 1 aromatic heterocycles. The summed E-state index contributed by atoms with van der Waals surface area (Å²) in [5, 5.41) is 0.180. The Morgan fingerprint density at radius 2 is 1.95 bits per heavy atom.